The highest BCUT2D eigenvalue weighted by atomic mass is 35.5. The lowest BCUT2D eigenvalue weighted by Crippen LogP contribution is -2.24. The zero-order chi connectivity index (χ0) is 23.6. The van der Waals surface area contributed by atoms with Gasteiger partial charge >= 0.3 is 11.9 Å². The first-order chi connectivity index (χ1) is 15.1. The maximum absolute atomic E-state index is 12.3. The van der Waals surface area contributed by atoms with Crippen LogP contribution >= 0.6 is 23.2 Å². The molecule has 166 valence electrons. The molecule has 0 saturated heterocycles. The number of hydrogen-bond acceptors (Lipinski definition) is 6. The summed E-state index contributed by atoms with van der Waals surface area (Å²) in [4.78, 5) is 37.9. The SMILES string of the molecule is COc1cc(-c2c(C(=O)O)c(N)[nH]c(=O)c2C(=O)O)c(Cl)cc1OCc1ccccc1Cl. The van der Waals surface area contributed by atoms with Crippen molar-refractivity contribution in [1.82, 2.24) is 4.98 Å². The van der Waals surface area contributed by atoms with E-state index in [1.807, 2.05) is 4.98 Å². The number of carboxylic acids is 2. The number of rotatable bonds is 7. The Morgan fingerprint density at radius 3 is 2.28 bits per heavy atom. The molecule has 0 spiro atoms. The normalized spacial score (nSPS) is 10.6. The summed E-state index contributed by atoms with van der Waals surface area (Å²) in [6, 6.07) is 9.62. The highest BCUT2D eigenvalue weighted by Gasteiger charge is 2.28. The Labute approximate surface area is 190 Å². The van der Waals surface area contributed by atoms with Crippen molar-refractivity contribution in [3.63, 3.8) is 0 Å². The van der Waals surface area contributed by atoms with Gasteiger partial charge in [-0.2, -0.15) is 0 Å². The summed E-state index contributed by atoms with van der Waals surface area (Å²) < 4.78 is 11.1. The van der Waals surface area contributed by atoms with Gasteiger partial charge in [0.2, 0.25) is 0 Å². The first-order valence-corrected chi connectivity index (χ1v) is 9.67. The summed E-state index contributed by atoms with van der Waals surface area (Å²) in [5.41, 5.74) is 3.30. The van der Waals surface area contributed by atoms with E-state index in [1.165, 1.54) is 19.2 Å². The average Bonchev–Trinajstić information content (AvgIpc) is 2.72. The molecule has 1 aromatic heterocycles. The number of aromatic carboxylic acids is 2. The van der Waals surface area contributed by atoms with Gasteiger partial charge in [0, 0.05) is 27.8 Å². The predicted octanol–water partition coefficient (Wildman–Crippen LogP) is 3.91. The molecule has 0 saturated carbocycles. The van der Waals surface area contributed by atoms with Crippen LogP contribution in [0.4, 0.5) is 5.82 Å². The molecule has 11 heteroatoms. The molecule has 0 unspecified atom stereocenters. The van der Waals surface area contributed by atoms with Crippen LogP contribution in [-0.2, 0) is 6.61 Å². The molecule has 5 N–H and O–H groups in total. The Hall–Kier alpha value is -3.69. The predicted molar refractivity (Wildman–Crippen MR) is 118 cm³/mol. The molecule has 3 rings (SSSR count). The van der Waals surface area contributed by atoms with E-state index in [0.29, 0.717) is 10.6 Å². The van der Waals surface area contributed by atoms with Crippen molar-refractivity contribution in [3.05, 3.63) is 73.5 Å². The van der Waals surface area contributed by atoms with Crippen LogP contribution in [0.2, 0.25) is 10.0 Å². The van der Waals surface area contributed by atoms with E-state index in [9.17, 15) is 24.6 Å². The third-order valence-electron chi connectivity index (χ3n) is 4.54. The maximum atomic E-state index is 12.3. The lowest BCUT2D eigenvalue weighted by Gasteiger charge is -2.17. The highest BCUT2D eigenvalue weighted by Crippen LogP contribution is 2.41. The molecule has 0 aliphatic carbocycles. The van der Waals surface area contributed by atoms with Gasteiger partial charge in [-0.3, -0.25) is 4.79 Å². The Balaban J connectivity index is 2.18. The number of nitrogen functional groups attached to an aromatic ring is 1. The summed E-state index contributed by atoms with van der Waals surface area (Å²) in [5, 5.41) is 19.6. The lowest BCUT2D eigenvalue weighted by atomic mass is 9.95. The zero-order valence-corrected chi connectivity index (χ0v) is 18.0. The van der Waals surface area contributed by atoms with Crippen LogP contribution in [-0.4, -0.2) is 34.2 Å². The van der Waals surface area contributed by atoms with Crippen LogP contribution in [0.5, 0.6) is 11.5 Å². The molecule has 2 aromatic carbocycles. The fourth-order valence-electron chi connectivity index (χ4n) is 3.09. The number of benzene rings is 2. The number of halogens is 2. The molecule has 3 aromatic rings. The molecule has 0 radical (unpaired) electrons. The molecule has 0 amide bonds. The Morgan fingerprint density at radius 1 is 1.03 bits per heavy atom. The van der Waals surface area contributed by atoms with Gasteiger partial charge in [-0.25, -0.2) is 9.59 Å². The number of ether oxygens (including phenoxy) is 2. The van der Waals surface area contributed by atoms with E-state index >= 15 is 0 Å². The number of aromatic nitrogens is 1. The van der Waals surface area contributed by atoms with Gasteiger partial charge in [-0.05, 0) is 12.1 Å². The molecule has 1 heterocycles. The minimum atomic E-state index is -1.65. The van der Waals surface area contributed by atoms with E-state index in [4.69, 9.17) is 38.4 Å². The minimum Gasteiger partial charge on any atom is -0.493 e. The van der Waals surface area contributed by atoms with Crippen molar-refractivity contribution < 1.29 is 29.3 Å². The van der Waals surface area contributed by atoms with Gasteiger partial charge < -0.3 is 30.4 Å². The van der Waals surface area contributed by atoms with Crippen LogP contribution in [0, 0.1) is 0 Å². The molecule has 0 aliphatic heterocycles. The third kappa shape index (κ3) is 4.34. The molecule has 0 bridgehead atoms. The second-order valence-corrected chi connectivity index (χ2v) is 7.28. The van der Waals surface area contributed by atoms with E-state index in [-0.39, 0.29) is 28.7 Å². The molecule has 9 nitrogen and oxygen atoms in total. The monoisotopic (exact) mass is 478 g/mol. The van der Waals surface area contributed by atoms with Gasteiger partial charge in [-0.1, -0.05) is 41.4 Å². The van der Waals surface area contributed by atoms with Gasteiger partial charge in [0.1, 0.15) is 23.6 Å². The average molecular weight is 479 g/mol. The number of anilines is 1. The van der Waals surface area contributed by atoms with E-state index in [1.54, 1.807) is 24.3 Å². The van der Waals surface area contributed by atoms with Gasteiger partial charge in [0.15, 0.2) is 11.5 Å². The summed E-state index contributed by atoms with van der Waals surface area (Å²) >= 11 is 12.5. The van der Waals surface area contributed by atoms with Crippen LogP contribution in [0.25, 0.3) is 11.1 Å². The Morgan fingerprint density at radius 2 is 1.69 bits per heavy atom. The number of pyridine rings is 1. The fraction of sp³-hybridized carbons (Fsp3) is 0.0952. The van der Waals surface area contributed by atoms with Crippen molar-refractivity contribution in [2.45, 2.75) is 6.61 Å². The second-order valence-electron chi connectivity index (χ2n) is 6.47. The first kappa shape index (κ1) is 23.0. The number of methoxy groups -OCH3 is 1. The van der Waals surface area contributed by atoms with Crippen molar-refractivity contribution in [3.8, 4) is 22.6 Å². The van der Waals surface area contributed by atoms with E-state index < -0.39 is 40.0 Å². The van der Waals surface area contributed by atoms with Gasteiger partial charge in [0.25, 0.3) is 5.56 Å². The molecular formula is C21H16Cl2N2O7. The van der Waals surface area contributed by atoms with Crippen LogP contribution in [0.3, 0.4) is 0 Å². The number of H-pyrrole nitrogens is 1. The smallest absolute Gasteiger partial charge is 0.342 e. The molecule has 0 fully saturated rings. The second kappa shape index (κ2) is 9.21. The van der Waals surface area contributed by atoms with Gasteiger partial charge in [-0.15, -0.1) is 0 Å². The highest BCUT2D eigenvalue weighted by molar-refractivity contribution is 6.34. The molecule has 32 heavy (non-hydrogen) atoms. The standard InChI is InChI=1S/C21H16Cl2N2O7/c1-31-13-6-10(12(23)7-14(13)32-8-9-4-2-3-5-11(9)22)15-16(20(27)28)18(24)25-19(26)17(15)21(29)30/h2-7H,8H2,1H3,(H,27,28)(H,29,30)(H3,24,25,26). The summed E-state index contributed by atoms with van der Waals surface area (Å²) in [7, 11) is 1.33. The summed E-state index contributed by atoms with van der Waals surface area (Å²) in [5.74, 6) is -3.42. The van der Waals surface area contributed by atoms with E-state index in [2.05, 4.69) is 0 Å². The Kier molecular flexibility index (Phi) is 6.61. The number of nitrogens with one attached hydrogen (secondary N) is 1. The van der Waals surface area contributed by atoms with Crippen LogP contribution in [0.15, 0.2) is 41.2 Å². The number of hydrogen-bond donors (Lipinski definition) is 4. The first-order valence-electron chi connectivity index (χ1n) is 8.92. The zero-order valence-electron chi connectivity index (χ0n) is 16.4. The van der Waals surface area contributed by atoms with Crippen LogP contribution in [0.1, 0.15) is 26.3 Å². The summed E-state index contributed by atoms with van der Waals surface area (Å²) in [6.07, 6.45) is 0. The largest absolute Gasteiger partial charge is 0.493 e. The minimum absolute atomic E-state index is 0.0738. The third-order valence-corrected chi connectivity index (χ3v) is 5.22. The molecular weight excluding hydrogens is 463 g/mol. The van der Waals surface area contributed by atoms with Crippen LogP contribution < -0.4 is 20.8 Å². The van der Waals surface area contributed by atoms with Crippen molar-refractivity contribution in [2.24, 2.45) is 0 Å². The van der Waals surface area contributed by atoms with Gasteiger partial charge in [0.05, 0.1) is 12.1 Å². The number of aromatic amines is 1. The molecule has 0 aliphatic rings. The van der Waals surface area contributed by atoms with Crippen molar-refractivity contribution >= 4 is 41.0 Å². The maximum Gasteiger partial charge on any atom is 0.342 e. The number of carboxylic acid groups (broad SMARTS) is 2. The topological polar surface area (TPSA) is 152 Å². The fourth-order valence-corrected chi connectivity index (χ4v) is 3.52. The molecule has 0 atom stereocenters. The lowest BCUT2D eigenvalue weighted by molar-refractivity contribution is 0.0695. The van der Waals surface area contributed by atoms with Crippen molar-refractivity contribution in [2.75, 3.05) is 12.8 Å². The number of nitrogens with two attached hydrogens (primary N) is 1. The van der Waals surface area contributed by atoms with Crippen molar-refractivity contribution in [1.29, 1.82) is 0 Å². The summed E-state index contributed by atoms with van der Waals surface area (Å²) in [6.45, 7) is 0.0738. The Bertz CT molecular complexity index is 1290. The van der Waals surface area contributed by atoms with E-state index in [0.717, 1.165) is 0 Å². The quantitative estimate of drug-likeness (QED) is 0.398. The number of carbonyl (C=O) groups is 2.